The van der Waals surface area contributed by atoms with Crippen LogP contribution in [0.25, 0.3) is 0 Å². The van der Waals surface area contributed by atoms with Gasteiger partial charge in [0.15, 0.2) is 5.96 Å². The number of carbonyl (C=O) groups is 1. The van der Waals surface area contributed by atoms with Gasteiger partial charge < -0.3 is 20.3 Å². The molecule has 160 valence electrons. The van der Waals surface area contributed by atoms with Gasteiger partial charge in [-0.05, 0) is 44.0 Å². The number of ether oxygens (including phenoxy) is 1. The zero-order chi connectivity index (χ0) is 21.5. The normalized spacial score (nSPS) is 19.5. The van der Waals surface area contributed by atoms with Crippen LogP contribution in [0.15, 0.2) is 53.5 Å². The summed E-state index contributed by atoms with van der Waals surface area (Å²) in [6, 6.07) is 16.2. The van der Waals surface area contributed by atoms with E-state index in [4.69, 9.17) is 4.74 Å². The van der Waals surface area contributed by atoms with E-state index in [0.29, 0.717) is 31.7 Å². The number of morpholine rings is 1. The first-order valence-corrected chi connectivity index (χ1v) is 10.5. The van der Waals surface area contributed by atoms with E-state index in [2.05, 4.69) is 46.8 Å². The van der Waals surface area contributed by atoms with E-state index in [9.17, 15) is 4.79 Å². The third kappa shape index (κ3) is 6.07. The molecular formula is C24H32N4O2. The van der Waals surface area contributed by atoms with Crippen molar-refractivity contribution in [1.82, 2.24) is 15.5 Å². The third-order valence-electron chi connectivity index (χ3n) is 5.13. The highest BCUT2D eigenvalue weighted by atomic mass is 16.5. The van der Waals surface area contributed by atoms with Crippen molar-refractivity contribution < 1.29 is 9.53 Å². The largest absolute Gasteiger partial charge is 0.372 e. The summed E-state index contributed by atoms with van der Waals surface area (Å²) < 4.78 is 5.72. The number of hydrogen-bond donors (Lipinski definition) is 2. The van der Waals surface area contributed by atoms with E-state index >= 15 is 0 Å². The molecular weight excluding hydrogens is 376 g/mol. The average Bonchev–Trinajstić information content (AvgIpc) is 2.73. The number of benzene rings is 2. The Hall–Kier alpha value is -2.86. The molecule has 0 bridgehead atoms. The van der Waals surface area contributed by atoms with Crippen LogP contribution in [0.1, 0.15) is 40.9 Å². The Morgan fingerprint density at radius 2 is 1.67 bits per heavy atom. The van der Waals surface area contributed by atoms with Crippen molar-refractivity contribution in [1.29, 1.82) is 0 Å². The van der Waals surface area contributed by atoms with Gasteiger partial charge in [0.2, 0.25) is 0 Å². The third-order valence-corrected chi connectivity index (χ3v) is 5.13. The van der Waals surface area contributed by atoms with Crippen LogP contribution in [0.3, 0.4) is 0 Å². The number of aryl methyl sites for hydroxylation is 1. The fourth-order valence-corrected chi connectivity index (χ4v) is 3.71. The van der Waals surface area contributed by atoms with Gasteiger partial charge in [-0.1, -0.05) is 42.0 Å². The van der Waals surface area contributed by atoms with Gasteiger partial charge in [-0.2, -0.15) is 0 Å². The number of rotatable bonds is 5. The molecule has 0 radical (unpaired) electrons. The second-order valence-corrected chi connectivity index (χ2v) is 7.93. The van der Waals surface area contributed by atoms with Gasteiger partial charge in [0.1, 0.15) is 0 Å². The molecule has 2 aromatic rings. The maximum absolute atomic E-state index is 12.8. The molecule has 1 saturated heterocycles. The monoisotopic (exact) mass is 408 g/mol. The Bertz CT molecular complexity index is 869. The number of hydrogen-bond acceptors (Lipinski definition) is 3. The molecule has 1 fully saturated rings. The van der Waals surface area contributed by atoms with Gasteiger partial charge in [0, 0.05) is 38.8 Å². The van der Waals surface area contributed by atoms with Crippen LogP contribution in [0.4, 0.5) is 0 Å². The number of amides is 1. The molecule has 0 saturated carbocycles. The van der Waals surface area contributed by atoms with Crippen LogP contribution < -0.4 is 10.6 Å². The zero-order valence-corrected chi connectivity index (χ0v) is 18.3. The van der Waals surface area contributed by atoms with Gasteiger partial charge >= 0.3 is 0 Å². The Labute approximate surface area is 179 Å². The maximum Gasteiger partial charge on any atom is 0.254 e. The fraction of sp³-hybridized carbons (Fsp3) is 0.417. The second-order valence-electron chi connectivity index (χ2n) is 7.93. The molecule has 2 atom stereocenters. The molecule has 6 heteroatoms. The highest BCUT2D eigenvalue weighted by molar-refractivity contribution is 5.94. The Kier molecular flexibility index (Phi) is 7.46. The van der Waals surface area contributed by atoms with E-state index in [1.54, 1.807) is 7.05 Å². The summed E-state index contributed by atoms with van der Waals surface area (Å²) in [5, 5.41) is 6.65. The van der Waals surface area contributed by atoms with E-state index in [-0.39, 0.29) is 18.1 Å². The summed E-state index contributed by atoms with van der Waals surface area (Å²) in [6.45, 7) is 8.71. The van der Waals surface area contributed by atoms with Crippen LogP contribution in [-0.4, -0.2) is 49.1 Å². The lowest BCUT2D eigenvalue weighted by atomic mass is 10.1. The quantitative estimate of drug-likeness (QED) is 0.589. The second kappa shape index (κ2) is 10.3. The molecule has 1 aliphatic rings. The minimum Gasteiger partial charge on any atom is -0.372 e. The van der Waals surface area contributed by atoms with Crippen molar-refractivity contribution >= 4 is 11.9 Å². The molecule has 2 aromatic carbocycles. The first-order valence-electron chi connectivity index (χ1n) is 10.5. The minimum atomic E-state index is 0.0622. The van der Waals surface area contributed by atoms with E-state index < -0.39 is 0 Å². The zero-order valence-electron chi connectivity index (χ0n) is 18.3. The lowest BCUT2D eigenvalue weighted by Gasteiger charge is -2.35. The lowest BCUT2D eigenvalue weighted by molar-refractivity contribution is -0.0586. The van der Waals surface area contributed by atoms with Crippen LogP contribution in [0, 0.1) is 6.92 Å². The molecule has 30 heavy (non-hydrogen) atoms. The molecule has 0 spiro atoms. The number of carbonyl (C=O) groups excluding carboxylic acids is 1. The minimum absolute atomic E-state index is 0.0622. The summed E-state index contributed by atoms with van der Waals surface area (Å²) in [6.07, 6.45) is 0.139. The molecule has 0 aliphatic carbocycles. The fourth-order valence-electron chi connectivity index (χ4n) is 3.71. The summed E-state index contributed by atoms with van der Waals surface area (Å²) in [5.74, 6) is 0.806. The molecule has 3 rings (SSSR count). The van der Waals surface area contributed by atoms with Crippen molar-refractivity contribution in [3.8, 4) is 0 Å². The molecule has 1 aliphatic heterocycles. The predicted octanol–water partition coefficient (Wildman–Crippen LogP) is 3.11. The topological polar surface area (TPSA) is 66.0 Å². The highest BCUT2D eigenvalue weighted by Gasteiger charge is 2.26. The smallest absolute Gasteiger partial charge is 0.254 e. The number of nitrogens with zero attached hydrogens (tertiary/aromatic N) is 2. The van der Waals surface area contributed by atoms with Crippen molar-refractivity contribution in [2.24, 2.45) is 4.99 Å². The van der Waals surface area contributed by atoms with Gasteiger partial charge in [0.05, 0.1) is 12.2 Å². The van der Waals surface area contributed by atoms with Crippen molar-refractivity contribution in [3.63, 3.8) is 0 Å². The highest BCUT2D eigenvalue weighted by Crippen LogP contribution is 2.15. The lowest BCUT2D eigenvalue weighted by Crippen LogP contribution is -2.48. The Morgan fingerprint density at radius 1 is 1.03 bits per heavy atom. The summed E-state index contributed by atoms with van der Waals surface area (Å²) in [7, 11) is 1.76. The van der Waals surface area contributed by atoms with E-state index in [1.807, 2.05) is 43.0 Å². The average molecular weight is 409 g/mol. The van der Waals surface area contributed by atoms with Crippen LogP contribution in [0.2, 0.25) is 0 Å². The molecule has 1 heterocycles. The SMILES string of the molecule is CN=C(NCc1ccc(C(=O)N2CC(C)OC(C)C2)cc1)NCc1cccc(C)c1. The summed E-state index contributed by atoms with van der Waals surface area (Å²) >= 11 is 0. The van der Waals surface area contributed by atoms with Gasteiger partial charge in [-0.3, -0.25) is 9.79 Å². The van der Waals surface area contributed by atoms with Crippen LogP contribution in [0.5, 0.6) is 0 Å². The first-order chi connectivity index (χ1) is 14.4. The van der Waals surface area contributed by atoms with Crippen LogP contribution in [-0.2, 0) is 17.8 Å². The summed E-state index contributed by atoms with van der Waals surface area (Å²) in [4.78, 5) is 18.9. The van der Waals surface area contributed by atoms with Crippen molar-refractivity contribution in [2.45, 2.75) is 46.1 Å². The van der Waals surface area contributed by atoms with Crippen LogP contribution >= 0.6 is 0 Å². The molecule has 6 nitrogen and oxygen atoms in total. The molecule has 0 aromatic heterocycles. The maximum atomic E-state index is 12.8. The van der Waals surface area contributed by atoms with Gasteiger partial charge in [0.25, 0.3) is 5.91 Å². The predicted molar refractivity (Wildman–Crippen MR) is 121 cm³/mol. The molecule has 2 N–H and O–H groups in total. The van der Waals surface area contributed by atoms with Gasteiger partial charge in [-0.25, -0.2) is 0 Å². The molecule has 2 unspecified atom stereocenters. The standard InChI is InChI=1S/C24H32N4O2/c1-17-6-5-7-21(12-17)14-27-24(25-4)26-13-20-8-10-22(11-9-20)23(29)28-15-18(2)30-19(3)16-28/h5-12,18-19H,13-16H2,1-4H3,(H2,25,26,27). The molecule has 1 amide bonds. The van der Waals surface area contributed by atoms with Crippen molar-refractivity contribution in [2.75, 3.05) is 20.1 Å². The first kappa shape index (κ1) is 21.8. The van der Waals surface area contributed by atoms with E-state index in [1.165, 1.54) is 11.1 Å². The van der Waals surface area contributed by atoms with Crippen molar-refractivity contribution in [3.05, 3.63) is 70.8 Å². The number of aliphatic imine (C=N–C) groups is 1. The Morgan fingerprint density at radius 3 is 2.27 bits per heavy atom. The Balaban J connectivity index is 1.51. The number of nitrogens with one attached hydrogen (secondary N) is 2. The van der Waals surface area contributed by atoms with Gasteiger partial charge in [-0.15, -0.1) is 0 Å². The summed E-state index contributed by atoms with van der Waals surface area (Å²) in [5.41, 5.74) is 4.26. The van der Waals surface area contributed by atoms with E-state index in [0.717, 1.165) is 11.5 Å². The number of guanidine groups is 1.